The van der Waals surface area contributed by atoms with Gasteiger partial charge in [-0.15, -0.1) is 0 Å². The Morgan fingerprint density at radius 3 is 1.47 bits per heavy atom. The molecule has 1 heterocycles. The summed E-state index contributed by atoms with van der Waals surface area (Å²) in [4.78, 5) is 12.9. The maximum absolute atomic E-state index is 12.9. The minimum Gasteiger partial charge on any atom is -0.543 e. The third-order valence-electron chi connectivity index (χ3n) is 6.70. The van der Waals surface area contributed by atoms with Crippen molar-refractivity contribution in [3.05, 3.63) is 96.7 Å². The summed E-state index contributed by atoms with van der Waals surface area (Å²) in [5.74, 6) is 0.974. The Labute approximate surface area is 275 Å². The summed E-state index contributed by atoms with van der Waals surface area (Å²) in [7, 11) is 0. The van der Waals surface area contributed by atoms with Gasteiger partial charge in [0.05, 0.1) is 35.5 Å². The average Bonchev–Trinajstić information content (AvgIpc) is 3.28. The van der Waals surface area contributed by atoms with E-state index in [1.807, 2.05) is 133 Å². The number of rotatable bonds is 10. The number of carbonyl (C=O) groups excluding carboxylic acids is 1. The van der Waals surface area contributed by atoms with Gasteiger partial charge in [-0.3, -0.25) is 0 Å². The minimum atomic E-state index is -1.26. The molecule has 0 N–H and O–H groups in total. The normalized spacial score (nSPS) is 11.2. The number of ether oxygens (including phenoxy) is 3. The van der Waals surface area contributed by atoms with E-state index in [2.05, 4.69) is 0 Å². The molecule has 43 heavy (non-hydrogen) atoms. The molecule has 0 aliphatic rings. The van der Waals surface area contributed by atoms with Gasteiger partial charge >= 0.3 is 29.6 Å². The van der Waals surface area contributed by atoms with Gasteiger partial charge in [0.15, 0.2) is 0 Å². The van der Waals surface area contributed by atoms with E-state index < -0.39 is 5.97 Å². The second-order valence-electron chi connectivity index (χ2n) is 11.1. The summed E-state index contributed by atoms with van der Waals surface area (Å²) in [5, 5.41) is 13.7. The third kappa shape index (κ3) is 7.27. The summed E-state index contributed by atoms with van der Waals surface area (Å²) in [6.07, 6.45) is 0.139. The molecule has 0 spiro atoms. The Hall–Kier alpha value is -3.71. The number of carboxylic acid groups (broad SMARTS) is 1. The average molecular weight is 586 g/mol. The first-order valence-corrected chi connectivity index (χ1v) is 14.3. The standard InChI is InChI=1S/C36H37NO5.Na/c1-22(2)40-29-14-7-25(8-15-29)27-11-20-32-33(21-27)37(28-12-18-31(19-13-28)42-24(5)6)35(36(38)39)34(32)26-9-16-30(17-10-26)41-23(3)4;/h7-24H,1-6H3,(H,38,39);/q;+1/p-1. The van der Waals surface area contributed by atoms with E-state index in [4.69, 9.17) is 14.2 Å². The summed E-state index contributed by atoms with van der Waals surface area (Å²) >= 11 is 0. The van der Waals surface area contributed by atoms with Crippen molar-refractivity contribution < 1.29 is 53.7 Å². The van der Waals surface area contributed by atoms with Crippen LogP contribution in [0.4, 0.5) is 0 Å². The molecular formula is C36H36NNaO5. The number of nitrogens with zero attached hydrogens (tertiary/aromatic N) is 1. The Bertz CT molecular complexity index is 1690. The molecule has 0 aliphatic carbocycles. The molecule has 0 amide bonds. The monoisotopic (exact) mass is 585 g/mol. The zero-order valence-corrected chi connectivity index (χ0v) is 27.9. The largest absolute Gasteiger partial charge is 1.00 e. The predicted molar refractivity (Wildman–Crippen MR) is 166 cm³/mol. The van der Waals surface area contributed by atoms with Crippen molar-refractivity contribution in [1.82, 2.24) is 4.57 Å². The van der Waals surface area contributed by atoms with E-state index in [-0.39, 0.29) is 53.6 Å². The van der Waals surface area contributed by atoms with Crippen LogP contribution in [0.15, 0.2) is 91.0 Å². The molecule has 0 atom stereocenters. The van der Waals surface area contributed by atoms with E-state index in [1.54, 1.807) is 4.57 Å². The summed E-state index contributed by atoms with van der Waals surface area (Å²) in [6.45, 7) is 11.9. The van der Waals surface area contributed by atoms with Gasteiger partial charge < -0.3 is 28.7 Å². The predicted octanol–water partition coefficient (Wildman–Crippen LogP) is 4.69. The number of benzene rings is 4. The molecule has 7 heteroatoms. The van der Waals surface area contributed by atoms with Crippen molar-refractivity contribution in [1.29, 1.82) is 0 Å². The SMILES string of the molecule is CC(C)Oc1ccc(-c2ccc3c(-c4ccc(OC(C)C)cc4)c(C(=O)[O-])n(-c4ccc(OC(C)C)cc4)c3c2)cc1.[Na+]. The first-order chi connectivity index (χ1) is 20.1. The Morgan fingerprint density at radius 1 is 0.605 bits per heavy atom. The number of aromatic nitrogens is 1. The molecule has 216 valence electrons. The van der Waals surface area contributed by atoms with Gasteiger partial charge in [0.1, 0.15) is 17.2 Å². The fourth-order valence-electron chi connectivity index (χ4n) is 5.14. The fourth-order valence-corrected chi connectivity index (χ4v) is 5.14. The van der Waals surface area contributed by atoms with E-state index in [9.17, 15) is 9.90 Å². The molecule has 0 fully saturated rings. The van der Waals surface area contributed by atoms with Crippen molar-refractivity contribution in [3.8, 4) is 45.2 Å². The second-order valence-corrected chi connectivity index (χ2v) is 11.1. The van der Waals surface area contributed by atoms with Crippen LogP contribution in [0.5, 0.6) is 17.2 Å². The van der Waals surface area contributed by atoms with E-state index >= 15 is 0 Å². The van der Waals surface area contributed by atoms with Crippen LogP contribution in [0.1, 0.15) is 52.0 Å². The molecule has 6 nitrogen and oxygen atoms in total. The fraction of sp³-hybridized carbons (Fsp3) is 0.250. The van der Waals surface area contributed by atoms with Crippen LogP contribution < -0.4 is 48.9 Å². The summed E-state index contributed by atoms with van der Waals surface area (Å²) in [6, 6.07) is 28.9. The maximum atomic E-state index is 12.9. The molecule has 0 saturated carbocycles. The van der Waals surface area contributed by atoms with E-state index in [1.165, 1.54) is 0 Å². The Balaban J connectivity index is 0.00000423. The molecule has 0 bridgehead atoms. The molecule has 1 aromatic heterocycles. The van der Waals surface area contributed by atoms with Crippen LogP contribution in [-0.2, 0) is 0 Å². The first kappa shape index (κ1) is 32.2. The molecule has 5 aromatic rings. The number of aromatic carboxylic acids is 1. The van der Waals surface area contributed by atoms with Gasteiger partial charge in [-0.05, 0) is 113 Å². The van der Waals surface area contributed by atoms with Crippen LogP contribution in [0.2, 0.25) is 0 Å². The molecule has 0 radical (unpaired) electrons. The number of fused-ring (bicyclic) bond motifs is 1. The Morgan fingerprint density at radius 2 is 1.02 bits per heavy atom. The zero-order valence-electron chi connectivity index (χ0n) is 25.9. The summed E-state index contributed by atoms with van der Waals surface area (Å²) in [5.41, 5.74) is 4.83. The molecule has 0 unspecified atom stereocenters. The van der Waals surface area contributed by atoms with Crippen molar-refractivity contribution >= 4 is 16.9 Å². The number of hydrogen-bond donors (Lipinski definition) is 0. The molecule has 5 rings (SSSR count). The number of hydrogen-bond acceptors (Lipinski definition) is 5. The Kier molecular flexibility index (Phi) is 10.3. The van der Waals surface area contributed by atoms with Crippen LogP contribution in [0.25, 0.3) is 38.8 Å². The van der Waals surface area contributed by atoms with Gasteiger partial charge in [0, 0.05) is 16.6 Å². The van der Waals surface area contributed by atoms with Crippen LogP contribution >= 0.6 is 0 Å². The molecule has 4 aromatic carbocycles. The van der Waals surface area contributed by atoms with Gasteiger partial charge in [0.2, 0.25) is 0 Å². The van der Waals surface area contributed by atoms with Crippen molar-refractivity contribution in [3.63, 3.8) is 0 Å². The molecular weight excluding hydrogens is 549 g/mol. The van der Waals surface area contributed by atoms with Gasteiger partial charge in [-0.1, -0.05) is 36.4 Å². The zero-order chi connectivity index (χ0) is 30.0. The molecule has 0 saturated heterocycles. The van der Waals surface area contributed by atoms with Crippen molar-refractivity contribution in [2.75, 3.05) is 0 Å². The van der Waals surface area contributed by atoms with Crippen molar-refractivity contribution in [2.45, 2.75) is 59.9 Å². The number of carboxylic acids is 1. The topological polar surface area (TPSA) is 72.8 Å². The van der Waals surface area contributed by atoms with Crippen LogP contribution in [0, 0.1) is 0 Å². The van der Waals surface area contributed by atoms with Gasteiger partial charge in [-0.25, -0.2) is 0 Å². The third-order valence-corrected chi connectivity index (χ3v) is 6.70. The van der Waals surface area contributed by atoms with Crippen molar-refractivity contribution in [2.24, 2.45) is 0 Å². The van der Waals surface area contributed by atoms with Crippen LogP contribution in [-0.4, -0.2) is 28.8 Å². The quantitative estimate of drug-likeness (QED) is 0.223. The smallest absolute Gasteiger partial charge is 0.543 e. The van der Waals surface area contributed by atoms with Crippen LogP contribution in [0.3, 0.4) is 0 Å². The molecule has 0 aliphatic heterocycles. The maximum Gasteiger partial charge on any atom is 1.00 e. The van der Waals surface area contributed by atoms with E-state index in [0.29, 0.717) is 17.0 Å². The van der Waals surface area contributed by atoms with Gasteiger partial charge in [-0.2, -0.15) is 0 Å². The second kappa shape index (κ2) is 13.7. The minimum absolute atomic E-state index is 0. The number of carbonyl (C=O) groups is 1. The van der Waals surface area contributed by atoms with Gasteiger partial charge in [0.25, 0.3) is 0 Å². The summed E-state index contributed by atoms with van der Waals surface area (Å²) < 4.78 is 19.2. The first-order valence-electron chi connectivity index (χ1n) is 14.3. The van der Waals surface area contributed by atoms with E-state index in [0.717, 1.165) is 39.1 Å².